The van der Waals surface area contributed by atoms with Gasteiger partial charge >= 0.3 is 0 Å². The predicted octanol–water partition coefficient (Wildman–Crippen LogP) is 12.1. The number of hydrogen-bond donors (Lipinski definition) is 0. The topological polar surface area (TPSA) is 0 Å². The van der Waals surface area contributed by atoms with E-state index in [9.17, 15) is 0 Å². The van der Waals surface area contributed by atoms with Crippen molar-refractivity contribution in [3.05, 3.63) is 180 Å². The highest BCUT2D eigenvalue weighted by Crippen LogP contribution is 2.63. The van der Waals surface area contributed by atoms with Crippen molar-refractivity contribution in [2.45, 2.75) is 15.2 Å². The van der Waals surface area contributed by atoms with E-state index in [1.807, 2.05) is 11.8 Å². The normalized spacial score (nSPS) is 16.3. The molecule has 212 valence electrons. The van der Waals surface area contributed by atoms with Gasteiger partial charge in [0.15, 0.2) is 0 Å². The first-order valence-electron chi connectivity index (χ1n) is 16.0. The zero-order chi connectivity index (χ0) is 30.0. The van der Waals surface area contributed by atoms with Crippen molar-refractivity contribution in [1.82, 2.24) is 0 Å². The van der Waals surface area contributed by atoms with Gasteiger partial charge in [0.1, 0.15) is 0 Å². The van der Waals surface area contributed by atoms with Crippen LogP contribution in [-0.2, 0) is 5.41 Å². The Morgan fingerprint density at radius 3 is 1.72 bits per heavy atom. The zero-order valence-corrected chi connectivity index (χ0v) is 25.7. The fraction of sp³-hybridized carbons (Fsp3) is 0.0222. The average molecular weight is 599 g/mol. The zero-order valence-electron chi connectivity index (χ0n) is 24.9. The van der Waals surface area contributed by atoms with Crippen molar-refractivity contribution >= 4 is 33.3 Å². The van der Waals surface area contributed by atoms with Crippen LogP contribution in [0.1, 0.15) is 22.3 Å². The maximum Gasteiger partial charge on any atom is 0.0725 e. The largest absolute Gasteiger partial charge is 0.0881 e. The van der Waals surface area contributed by atoms with Crippen LogP contribution in [0.2, 0.25) is 0 Å². The molecule has 3 aliphatic rings. The summed E-state index contributed by atoms with van der Waals surface area (Å²) in [7, 11) is 0. The molecule has 8 aromatic carbocycles. The molecule has 0 fully saturated rings. The minimum absolute atomic E-state index is 0.347. The van der Waals surface area contributed by atoms with Crippen LogP contribution in [0, 0.1) is 0 Å². The van der Waals surface area contributed by atoms with Gasteiger partial charge in [0, 0.05) is 15.2 Å². The van der Waals surface area contributed by atoms with Gasteiger partial charge in [-0.2, -0.15) is 0 Å². The second-order valence-corrected chi connectivity index (χ2v) is 13.8. The van der Waals surface area contributed by atoms with Gasteiger partial charge in [-0.15, -0.1) is 0 Å². The van der Waals surface area contributed by atoms with Crippen molar-refractivity contribution in [1.29, 1.82) is 0 Å². The molecule has 1 atom stereocenters. The van der Waals surface area contributed by atoms with E-state index in [1.54, 1.807) is 0 Å². The van der Waals surface area contributed by atoms with E-state index < -0.39 is 0 Å². The monoisotopic (exact) mass is 598 g/mol. The van der Waals surface area contributed by atoms with Gasteiger partial charge in [-0.05, 0) is 107 Å². The van der Waals surface area contributed by atoms with Gasteiger partial charge in [0.05, 0.1) is 5.41 Å². The molecule has 0 radical (unpaired) electrons. The molecule has 2 aliphatic carbocycles. The van der Waals surface area contributed by atoms with Crippen LogP contribution in [0.5, 0.6) is 0 Å². The Morgan fingerprint density at radius 2 is 0.913 bits per heavy atom. The highest BCUT2D eigenvalue weighted by Gasteiger charge is 2.51. The van der Waals surface area contributed by atoms with E-state index in [2.05, 4.69) is 158 Å². The first-order valence-corrected chi connectivity index (χ1v) is 16.8. The molecule has 0 bridgehead atoms. The first kappa shape index (κ1) is 24.9. The minimum atomic E-state index is -0.347. The van der Waals surface area contributed by atoms with Gasteiger partial charge < -0.3 is 0 Å². The summed E-state index contributed by atoms with van der Waals surface area (Å²) in [6.07, 6.45) is 0. The molecule has 0 saturated carbocycles. The van der Waals surface area contributed by atoms with Crippen molar-refractivity contribution in [3.8, 4) is 44.5 Å². The van der Waals surface area contributed by atoms with Crippen LogP contribution in [0.15, 0.2) is 168 Å². The Hall–Kier alpha value is -5.37. The molecule has 0 amide bonds. The SMILES string of the molecule is c1ccc2c(c1)-c1cc(-c3cccc4c3Sc3cccc5cccc-4c35)ccc1C21c2ccccc2-c2cc3ccccc3cc21. The van der Waals surface area contributed by atoms with Gasteiger partial charge in [-0.3, -0.25) is 0 Å². The number of rotatable bonds is 1. The van der Waals surface area contributed by atoms with Crippen molar-refractivity contribution in [2.24, 2.45) is 0 Å². The summed E-state index contributed by atoms with van der Waals surface area (Å²) in [4.78, 5) is 2.68. The fourth-order valence-electron chi connectivity index (χ4n) is 8.81. The lowest BCUT2D eigenvalue weighted by Crippen LogP contribution is -2.25. The Balaban J connectivity index is 1.18. The molecular weight excluding hydrogens is 573 g/mol. The quantitative estimate of drug-likeness (QED) is 0.181. The van der Waals surface area contributed by atoms with Crippen molar-refractivity contribution < 1.29 is 0 Å². The molecule has 0 aromatic heterocycles. The average Bonchev–Trinajstić information content (AvgIpc) is 3.57. The van der Waals surface area contributed by atoms with Gasteiger partial charge in [-0.1, -0.05) is 145 Å². The van der Waals surface area contributed by atoms with Crippen molar-refractivity contribution in [3.63, 3.8) is 0 Å². The van der Waals surface area contributed by atoms with E-state index in [4.69, 9.17) is 0 Å². The summed E-state index contributed by atoms with van der Waals surface area (Å²) < 4.78 is 0. The number of hydrogen-bond acceptors (Lipinski definition) is 1. The fourth-order valence-corrected chi connectivity index (χ4v) is 10.1. The molecule has 1 aliphatic heterocycles. The second kappa shape index (κ2) is 8.88. The van der Waals surface area contributed by atoms with Crippen LogP contribution in [0.3, 0.4) is 0 Å². The molecule has 8 aromatic rings. The molecule has 0 nitrogen and oxygen atoms in total. The number of fused-ring (bicyclic) bond motifs is 13. The summed E-state index contributed by atoms with van der Waals surface area (Å²) in [5, 5.41) is 5.26. The molecule has 0 N–H and O–H groups in total. The van der Waals surface area contributed by atoms with Crippen LogP contribution >= 0.6 is 11.8 Å². The van der Waals surface area contributed by atoms with E-state index in [-0.39, 0.29) is 5.41 Å². The first-order chi connectivity index (χ1) is 22.8. The Labute approximate surface area is 272 Å². The van der Waals surface area contributed by atoms with Crippen molar-refractivity contribution in [2.75, 3.05) is 0 Å². The standard InChI is InChI=1S/C45H26S/c1-2-11-29-26-41-37(24-28(29)10-1)33-15-4-6-20-39(33)45(41)38-19-5-3-14-32(38)36-25-30(22-23-40(36)45)31-16-9-18-35-34-17-7-12-27-13-8-21-42(43(27)34)46-44(31)35/h1-26H. The number of benzene rings is 8. The van der Waals surface area contributed by atoms with E-state index >= 15 is 0 Å². The third-order valence-electron chi connectivity index (χ3n) is 10.7. The summed E-state index contributed by atoms with van der Waals surface area (Å²) in [6.45, 7) is 0. The molecule has 1 heterocycles. The third kappa shape index (κ3) is 3.02. The lowest BCUT2D eigenvalue weighted by atomic mass is 9.70. The Bertz CT molecular complexity index is 2620. The lowest BCUT2D eigenvalue weighted by molar-refractivity contribution is 0.795. The smallest absolute Gasteiger partial charge is 0.0725 e. The summed E-state index contributed by atoms with van der Waals surface area (Å²) in [6, 6.07) is 59.4. The Morgan fingerprint density at radius 1 is 0.348 bits per heavy atom. The van der Waals surface area contributed by atoms with Gasteiger partial charge in [-0.25, -0.2) is 0 Å². The van der Waals surface area contributed by atoms with E-state index in [0.717, 1.165) is 0 Å². The summed E-state index contributed by atoms with van der Waals surface area (Å²) in [5.74, 6) is 0. The van der Waals surface area contributed by atoms with Gasteiger partial charge in [0.2, 0.25) is 0 Å². The van der Waals surface area contributed by atoms with Crippen LogP contribution in [0.4, 0.5) is 0 Å². The van der Waals surface area contributed by atoms with E-state index in [0.29, 0.717) is 0 Å². The van der Waals surface area contributed by atoms with Crippen LogP contribution in [0.25, 0.3) is 66.1 Å². The van der Waals surface area contributed by atoms with Gasteiger partial charge in [0.25, 0.3) is 0 Å². The molecule has 1 unspecified atom stereocenters. The molecule has 1 heteroatoms. The molecule has 11 rings (SSSR count). The van der Waals surface area contributed by atoms with Crippen LogP contribution in [-0.4, -0.2) is 0 Å². The third-order valence-corrected chi connectivity index (χ3v) is 11.9. The summed E-state index contributed by atoms with van der Waals surface area (Å²) in [5.41, 5.74) is 15.8. The highest BCUT2D eigenvalue weighted by molar-refractivity contribution is 8.00. The molecule has 1 spiro atoms. The van der Waals surface area contributed by atoms with E-state index in [1.165, 1.54) is 98.1 Å². The highest BCUT2D eigenvalue weighted by atomic mass is 32.2. The maximum atomic E-state index is 2.47. The lowest BCUT2D eigenvalue weighted by Gasteiger charge is -2.30. The maximum absolute atomic E-state index is 2.47. The molecular formula is C45H26S. The summed E-state index contributed by atoms with van der Waals surface area (Å²) >= 11 is 1.92. The molecule has 0 saturated heterocycles. The predicted molar refractivity (Wildman–Crippen MR) is 193 cm³/mol. The van der Waals surface area contributed by atoms with Crippen LogP contribution < -0.4 is 0 Å². The minimum Gasteiger partial charge on any atom is -0.0881 e. The Kier molecular flexibility index (Phi) is 4.80. The second-order valence-electron chi connectivity index (χ2n) is 12.8. The molecule has 46 heavy (non-hydrogen) atoms.